The Kier molecular flexibility index (Phi) is 6.23. The third-order valence-electron chi connectivity index (χ3n) is 5.96. The molecular formula is C27H21ClN6O2. The van der Waals surface area contributed by atoms with Gasteiger partial charge in [-0.1, -0.05) is 23.7 Å². The van der Waals surface area contributed by atoms with Crippen LogP contribution in [0.2, 0.25) is 5.02 Å². The Hall–Kier alpha value is -4.48. The molecule has 4 aromatic heterocycles. The average Bonchev–Trinajstić information content (AvgIpc) is 3.30. The van der Waals surface area contributed by atoms with Crippen molar-refractivity contribution in [3.8, 4) is 23.1 Å². The average molecular weight is 497 g/mol. The molecule has 0 radical (unpaired) electrons. The van der Waals surface area contributed by atoms with Gasteiger partial charge in [0, 0.05) is 60.1 Å². The highest BCUT2D eigenvalue weighted by Crippen LogP contribution is 2.33. The van der Waals surface area contributed by atoms with Crippen LogP contribution in [0.15, 0.2) is 72.0 Å². The minimum Gasteiger partial charge on any atom is -0.487 e. The number of aromatic nitrogens is 5. The van der Waals surface area contributed by atoms with Crippen molar-refractivity contribution in [3.63, 3.8) is 0 Å². The highest BCUT2D eigenvalue weighted by Gasteiger charge is 2.15. The SMILES string of the molecule is Cc1cc(-c2ccnn2C)c2cccc(OCc3c(Cl)cncc3Cn3ccc(C#N)cc3=O)c2n1. The largest absolute Gasteiger partial charge is 0.487 e. The number of nitrogens with zero attached hydrogens (tertiary/aromatic N) is 6. The summed E-state index contributed by atoms with van der Waals surface area (Å²) in [6.07, 6.45) is 6.58. The van der Waals surface area contributed by atoms with Crippen LogP contribution in [0.1, 0.15) is 22.4 Å². The third-order valence-corrected chi connectivity index (χ3v) is 6.29. The fourth-order valence-corrected chi connectivity index (χ4v) is 4.39. The van der Waals surface area contributed by atoms with Crippen LogP contribution in [0.25, 0.3) is 22.2 Å². The zero-order chi connectivity index (χ0) is 25.2. The van der Waals surface area contributed by atoms with E-state index in [1.54, 1.807) is 30.9 Å². The molecule has 0 aliphatic rings. The molecule has 0 N–H and O–H groups in total. The van der Waals surface area contributed by atoms with Crippen LogP contribution in [-0.4, -0.2) is 24.3 Å². The third kappa shape index (κ3) is 4.44. The predicted molar refractivity (Wildman–Crippen MR) is 137 cm³/mol. The zero-order valence-corrected chi connectivity index (χ0v) is 20.4. The first-order valence-electron chi connectivity index (χ1n) is 11.2. The van der Waals surface area contributed by atoms with E-state index in [2.05, 4.69) is 10.1 Å². The summed E-state index contributed by atoms with van der Waals surface area (Å²) in [6.45, 7) is 2.36. The van der Waals surface area contributed by atoms with Crippen LogP contribution in [-0.2, 0) is 20.2 Å². The molecule has 178 valence electrons. The molecule has 36 heavy (non-hydrogen) atoms. The molecule has 8 nitrogen and oxygen atoms in total. The van der Waals surface area contributed by atoms with E-state index in [1.165, 1.54) is 10.6 Å². The van der Waals surface area contributed by atoms with Gasteiger partial charge in [0.15, 0.2) is 0 Å². The highest BCUT2D eigenvalue weighted by molar-refractivity contribution is 6.31. The van der Waals surface area contributed by atoms with Gasteiger partial charge < -0.3 is 9.30 Å². The zero-order valence-electron chi connectivity index (χ0n) is 19.6. The van der Waals surface area contributed by atoms with Gasteiger partial charge in [0.2, 0.25) is 0 Å². The summed E-state index contributed by atoms with van der Waals surface area (Å²) >= 11 is 6.50. The summed E-state index contributed by atoms with van der Waals surface area (Å²) in [6, 6.07) is 14.7. The number of para-hydroxylation sites is 1. The molecule has 1 aromatic carbocycles. The molecule has 9 heteroatoms. The number of rotatable bonds is 6. The Morgan fingerprint density at radius 2 is 2.03 bits per heavy atom. The van der Waals surface area contributed by atoms with Gasteiger partial charge in [-0.3, -0.25) is 14.5 Å². The molecule has 0 spiro atoms. The first-order chi connectivity index (χ1) is 17.4. The van der Waals surface area contributed by atoms with Crippen LogP contribution in [0.3, 0.4) is 0 Å². The van der Waals surface area contributed by atoms with Crippen molar-refractivity contribution in [3.05, 3.63) is 105 Å². The molecule has 0 fully saturated rings. The minimum absolute atomic E-state index is 0.164. The van der Waals surface area contributed by atoms with Crippen molar-refractivity contribution < 1.29 is 4.74 Å². The number of benzene rings is 1. The topological polar surface area (TPSA) is 98.6 Å². The van der Waals surface area contributed by atoms with Crippen LogP contribution in [0, 0.1) is 18.3 Å². The molecule has 0 amide bonds. The molecule has 0 saturated heterocycles. The van der Waals surface area contributed by atoms with Crippen LogP contribution in [0.5, 0.6) is 5.75 Å². The highest BCUT2D eigenvalue weighted by atomic mass is 35.5. The number of ether oxygens (including phenoxy) is 1. The predicted octanol–water partition coefficient (Wildman–Crippen LogP) is 4.65. The maximum absolute atomic E-state index is 12.4. The van der Waals surface area contributed by atoms with E-state index in [0.717, 1.165) is 39.0 Å². The summed E-state index contributed by atoms with van der Waals surface area (Å²) in [4.78, 5) is 21.4. The standard InChI is InChI=1S/C27H21ClN6O2/c1-17-10-21(24-6-8-31-33(24)2)20-4-3-5-25(27(20)32-17)36-16-22-19(13-30-14-23(22)28)15-34-9-7-18(12-29)11-26(34)35/h3-11,13-14H,15-16H2,1-2H3. The molecular weight excluding hydrogens is 476 g/mol. The Morgan fingerprint density at radius 3 is 2.78 bits per heavy atom. The van der Waals surface area contributed by atoms with E-state index < -0.39 is 0 Å². The van der Waals surface area contributed by atoms with Gasteiger partial charge in [-0.05, 0) is 36.8 Å². The van der Waals surface area contributed by atoms with Crippen LogP contribution in [0.4, 0.5) is 0 Å². The van der Waals surface area contributed by atoms with Gasteiger partial charge in [-0.15, -0.1) is 0 Å². The van der Waals surface area contributed by atoms with Crippen LogP contribution < -0.4 is 10.3 Å². The van der Waals surface area contributed by atoms with E-state index >= 15 is 0 Å². The van der Waals surface area contributed by atoms with Crippen molar-refractivity contribution in [2.75, 3.05) is 0 Å². The quantitative estimate of drug-likeness (QED) is 0.339. The molecule has 5 rings (SSSR count). The Bertz CT molecular complexity index is 1700. The van der Waals surface area contributed by atoms with E-state index in [-0.39, 0.29) is 18.7 Å². The smallest absolute Gasteiger partial charge is 0.252 e. The number of pyridine rings is 3. The van der Waals surface area contributed by atoms with E-state index in [0.29, 0.717) is 16.3 Å². The monoisotopic (exact) mass is 496 g/mol. The van der Waals surface area contributed by atoms with Crippen molar-refractivity contribution in [2.45, 2.75) is 20.1 Å². The molecule has 0 unspecified atom stereocenters. The normalized spacial score (nSPS) is 10.9. The first-order valence-corrected chi connectivity index (χ1v) is 11.6. The van der Waals surface area contributed by atoms with Crippen molar-refractivity contribution in [1.29, 1.82) is 5.26 Å². The number of hydrogen-bond donors (Lipinski definition) is 0. The van der Waals surface area contributed by atoms with Crippen LogP contribution >= 0.6 is 11.6 Å². The summed E-state index contributed by atoms with van der Waals surface area (Å²) < 4.78 is 9.59. The number of aryl methyl sites for hydroxylation is 2. The number of fused-ring (bicyclic) bond motifs is 1. The van der Waals surface area contributed by atoms with Gasteiger partial charge in [0.25, 0.3) is 5.56 Å². The van der Waals surface area contributed by atoms with Crippen molar-refractivity contribution >= 4 is 22.5 Å². The van der Waals surface area contributed by atoms with Gasteiger partial charge in [-0.2, -0.15) is 10.4 Å². The molecule has 4 heterocycles. The first kappa shape index (κ1) is 23.3. The van der Waals surface area contributed by atoms with E-state index in [1.807, 2.05) is 55.1 Å². The molecule has 5 aromatic rings. The second kappa shape index (κ2) is 9.64. The fourth-order valence-electron chi connectivity index (χ4n) is 4.16. The lowest BCUT2D eigenvalue weighted by Crippen LogP contribution is -2.20. The molecule has 0 atom stereocenters. The summed E-state index contributed by atoms with van der Waals surface area (Å²) in [5.41, 5.74) is 5.10. The molecule has 0 bridgehead atoms. The lowest BCUT2D eigenvalue weighted by atomic mass is 10.0. The maximum atomic E-state index is 12.4. The van der Waals surface area contributed by atoms with Crippen molar-refractivity contribution in [2.24, 2.45) is 7.05 Å². The van der Waals surface area contributed by atoms with Gasteiger partial charge >= 0.3 is 0 Å². The Morgan fingerprint density at radius 1 is 1.17 bits per heavy atom. The molecule has 0 aliphatic carbocycles. The number of hydrogen-bond acceptors (Lipinski definition) is 6. The summed E-state index contributed by atoms with van der Waals surface area (Å²) in [7, 11) is 1.91. The van der Waals surface area contributed by atoms with Crippen molar-refractivity contribution in [1.82, 2.24) is 24.3 Å². The lowest BCUT2D eigenvalue weighted by molar-refractivity contribution is 0.307. The van der Waals surface area contributed by atoms with Gasteiger partial charge in [0.1, 0.15) is 17.9 Å². The minimum atomic E-state index is -0.280. The number of halogens is 1. The lowest BCUT2D eigenvalue weighted by Gasteiger charge is -2.15. The second-order valence-electron chi connectivity index (χ2n) is 8.34. The maximum Gasteiger partial charge on any atom is 0.252 e. The van der Waals surface area contributed by atoms with E-state index in [9.17, 15) is 4.79 Å². The number of nitriles is 1. The van der Waals surface area contributed by atoms with Gasteiger partial charge in [0.05, 0.1) is 28.9 Å². The summed E-state index contributed by atoms with van der Waals surface area (Å²) in [5.74, 6) is 0.619. The Labute approximate surface area is 212 Å². The van der Waals surface area contributed by atoms with Gasteiger partial charge in [-0.25, -0.2) is 4.98 Å². The molecule has 0 saturated carbocycles. The second-order valence-corrected chi connectivity index (χ2v) is 8.75. The summed E-state index contributed by atoms with van der Waals surface area (Å²) in [5, 5.41) is 14.7. The van der Waals surface area contributed by atoms with E-state index in [4.69, 9.17) is 26.6 Å². The fraction of sp³-hybridized carbons (Fsp3) is 0.148. The Balaban J connectivity index is 1.49. The molecule has 0 aliphatic heterocycles.